The molecule has 1 aromatic carbocycles. The van der Waals surface area contributed by atoms with Crippen LogP contribution >= 0.6 is 15.9 Å². The van der Waals surface area contributed by atoms with Gasteiger partial charge in [0.1, 0.15) is 17.1 Å². The van der Waals surface area contributed by atoms with Gasteiger partial charge in [-0.2, -0.15) is 10.4 Å². The van der Waals surface area contributed by atoms with Gasteiger partial charge in [0.05, 0.1) is 35.7 Å². The third-order valence-corrected chi connectivity index (χ3v) is 8.51. The molecule has 0 spiro atoms. The SMILES string of the molecule is CC1(Oc2ccc(Br)cc2)CN(C2CCC(CC#N)(n3cc(C(N)=O)c(CC(=O)C4CC4)n3)CC2)C1. The van der Waals surface area contributed by atoms with Crippen LogP contribution in [0.15, 0.2) is 34.9 Å². The average molecular weight is 554 g/mol. The number of rotatable bonds is 9. The Morgan fingerprint density at radius 3 is 2.44 bits per heavy atom. The summed E-state index contributed by atoms with van der Waals surface area (Å²) in [5.41, 5.74) is 5.67. The first kappa shape index (κ1) is 25.0. The van der Waals surface area contributed by atoms with Crippen molar-refractivity contribution in [3.05, 3.63) is 46.2 Å². The second-order valence-electron chi connectivity index (χ2n) is 10.9. The number of nitrogens with two attached hydrogens (primary N) is 1. The maximum Gasteiger partial charge on any atom is 0.252 e. The van der Waals surface area contributed by atoms with E-state index in [2.05, 4.69) is 38.9 Å². The van der Waals surface area contributed by atoms with Crippen LogP contribution in [0.2, 0.25) is 0 Å². The molecule has 36 heavy (non-hydrogen) atoms. The second-order valence-corrected chi connectivity index (χ2v) is 11.8. The zero-order valence-corrected chi connectivity index (χ0v) is 22.2. The summed E-state index contributed by atoms with van der Waals surface area (Å²) in [7, 11) is 0. The largest absolute Gasteiger partial charge is 0.485 e. The number of hydrogen-bond donors (Lipinski definition) is 1. The zero-order valence-electron chi connectivity index (χ0n) is 20.6. The van der Waals surface area contributed by atoms with Gasteiger partial charge in [-0.25, -0.2) is 0 Å². The van der Waals surface area contributed by atoms with Crippen LogP contribution in [0.25, 0.3) is 0 Å². The molecule has 2 saturated carbocycles. The first-order valence-corrected chi connectivity index (χ1v) is 13.5. The van der Waals surface area contributed by atoms with Gasteiger partial charge < -0.3 is 10.5 Å². The van der Waals surface area contributed by atoms with Crippen molar-refractivity contribution in [2.24, 2.45) is 11.7 Å². The number of benzene rings is 1. The van der Waals surface area contributed by atoms with Crippen LogP contribution in [-0.4, -0.2) is 51.1 Å². The van der Waals surface area contributed by atoms with E-state index in [1.807, 2.05) is 24.3 Å². The van der Waals surface area contributed by atoms with Crippen LogP contribution in [0.3, 0.4) is 0 Å². The molecule has 0 bridgehead atoms. The lowest BCUT2D eigenvalue weighted by Crippen LogP contribution is -2.66. The van der Waals surface area contributed by atoms with Gasteiger partial charge in [0.25, 0.3) is 5.91 Å². The molecule has 1 amide bonds. The number of nitrogens with zero attached hydrogens (tertiary/aromatic N) is 4. The summed E-state index contributed by atoms with van der Waals surface area (Å²) < 4.78 is 9.07. The Morgan fingerprint density at radius 1 is 1.19 bits per heavy atom. The van der Waals surface area contributed by atoms with Crippen molar-refractivity contribution in [3.8, 4) is 11.8 Å². The Hall–Kier alpha value is -2.70. The van der Waals surface area contributed by atoms with Crippen molar-refractivity contribution in [3.63, 3.8) is 0 Å². The minimum Gasteiger partial charge on any atom is -0.485 e. The molecule has 1 aromatic heterocycles. The Morgan fingerprint density at radius 2 is 1.86 bits per heavy atom. The summed E-state index contributed by atoms with van der Waals surface area (Å²) in [5.74, 6) is 0.504. The van der Waals surface area contributed by atoms with Crippen molar-refractivity contribution >= 4 is 27.6 Å². The minimum absolute atomic E-state index is 0.0920. The number of Topliss-reactive ketones (excluding diaryl/α,β-unsaturated/α-hetero) is 1. The fraction of sp³-hybridized carbons (Fsp3) is 0.556. The summed E-state index contributed by atoms with van der Waals surface area (Å²) in [6.45, 7) is 3.87. The molecule has 3 fully saturated rings. The quantitative estimate of drug-likeness (QED) is 0.502. The molecule has 1 saturated heterocycles. The molecule has 2 N–H and O–H groups in total. The standard InChI is InChI=1S/C27H32BrN5O3/c1-26(36-21-6-4-19(28)5-7-21)16-32(17-26)20-8-10-27(11-9-20,12-13-29)33-15-22(25(30)35)23(31-33)14-24(34)18-2-3-18/h4-7,15,18,20H,2-3,8-12,14,16-17H2,1H3,(H2,30,35). The molecule has 2 heterocycles. The Labute approximate surface area is 219 Å². The molecule has 3 aliphatic rings. The number of aromatic nitrogens is 2. The molecular formula is C27H32BrN5O3. The summed E-state index contributed by atoms with van der Waals surface area (Å²) in [6.07, 6.45) is 7.35. The normalized spacial score (nSPS) is 25.5. The third-order valence-electron chi connectivity index (χ3n) is 7.98. The van der Waals surface area contributed by atoms with Crippen LogP contribution in [0.1, 0.15) is 67.9 Å². The first-order valence-electron chi connectivity index (χ1n) is 12.7. The molecule has 8 nitrogen and oxygen atoms in total. The molecule has 0 atom stereocenters. The van der Waals surface area contributed by atoms with Crippen molar-refractivity contribution < 1.29 is 14.3 Å². The van der Waals surface area contributed by atoms with Crippen LogP contribution in [-0.2, 0) is 16.8 Å². The van der Waals surface area contributed by atoms with Gasteiger partial charge in [-0.15, -0.1) is 0 Å². The number of primary amides is 1. The number of likely N-dealkylation sites (tertiary alicyclic amines) is 1. The molecule has 9 heteroatoms. The summed E-state index contributed by atoms with van der Waals surface area (Å²) >= 11 is 3.46. The van der Waals surface area contributed by atoms with E-state index in [1.165, 1.54) is 0 Å². The van der Waals surface area contributed by atoms with Crippen LogP contribution in [0.4, 0.5) is 0 Å². The maximum absolute atomic E-state index is 12.4. The van der Waals surface area contributed by atoms with Crippen molar-refractivity contribution in [1.82, 2.24) is 14.7 Å². The third kappa shape index (κ3) is 5.07. The highest BCUT2D eigenvalue weighted by atomic mass is 79.9. The Kier molecular flexibility index (Phi) is 6.69. The highest BCUT2D eigenvalue weighted by molar-refractivity contribution is 9.10. The first-order chi connectivity index (χ1) is 17.2. The fourth-order valence-corrected chi connectivity index (χ4v) is 6.03. The van der Waals surface area contributed by atoms with Crippen molar-refractivity contribution in [1.29, 1.82) is 5.26 Å². The van der Waals surface area contributed by atoms with Gasteiger partial charge in [-0.05, 0) is 69.7 Å². The lowest BCUT2D eigenvalue weighted by atomic mass is 9.76. The topological polar surface area (TPSA) is 114 Å². The van der Waals surface area contributed by atoms with Gasteiger partial charge in [-0.3, -0.25) is 19.2 Å². The lowest BCUT2D eigenvalue weighted by Gasteiger charge is -2.53. The van der Waals surface area contributed by atoms with E-state index in [1.54, 1.807) is 10.9 Å². The molecule has 5 rings (SSSR count). The zero-order chi connectivity index (χ0) is 25.5. The van der Waals surface area contributed by atoms with Gasteiger partial charge in [-0.1, -0.05) is 15.9 Å². The molecule has 1 aliphatic heterocycles. The molecule has 0 radical (unpaired) electrons. The van der Waals surface area contributed by atoms with Crippen LogP contribution < -0.4 is 10.5 Å². The predicted molar refractivity (Wildman–Crippen MR) is 137 cm³/mol. The number of ether oxygens (including phenoxy) is 1. The number of carbonyl (C=O) groups excluding carboxylic acids is 2. The van der Waals surface area contributed by atoms with Crippen LogP contribution in [0, 0.1) is 17.2 Å². The Bertz CT molecular complexity index is 1180. The number of ketones is 1. The fourth-order valence-electron chi connectivity index (χ4n) is 5.77. The number of halogens is 1. The number of carbonyl (C=O) groups is 2. The van der Waals surface area contributed by atoms with Crippen molar-refractivity contribution in [2.75, 3.05) is 13.1 Å². The highest BCUT2D eigenvalue weighted by Gasteiger charge is 2.47. The second kappa shape index (κ2) is 9.64. The molecule has 2 aliphatic carbocycles. The minimum atomic E-state index is -0.578. The van der Waals surface area contributed by atoms with Crippen LogP contribution in [0.5, 0.6) is 5.75 Å². The van der Waals surface area contributed by atoms with E-state index in [0.29, 0.717) is 23.7 Å². The van der Waals surface area contributed by atoms with E-state index < -0.39 is 11.4 Å². The average Bonchev–Trinajstić information content (AvgIpc) is 3.59. The molecular weight excluding hydrogens is 522 g/mol. The number of nitriles is 1. The van der Waals surface area contributed by atoms with Crippen molar-refractivity contribution in [2.45, 2.75) is 75.5 Å². The lowest BCUT2D eigenvalue weighted by molar-refractivity contribution is -0.119. The van der Waals surface area contributed by atoms with E-state index in [-0.39, 0.29) is 23.7 Å². The Balaban J connectivity index is 1.24. The summed E-state index contributed by atoms with van der Waals surface area (Å²) in [5, 5.41) is 14.3. The summed E-state index contributed by atoms with van der Waals surface area (Å²) in [6, 6.07) is 10.7. The highest BCUT2D eigenvalue weighted by Crippen LogP contribution is 2.42. The van der Waals surface area contributed by atoms with Gasteiger partial charge in [0.15, 0.2) is 0 Å². The molecule has 2 aromatic rings. The predicted octanol–water partition coefficient (Wildman–Crippen LogP) is 3.97. The molecule has 190 valence electrons. The number of amides is 1. The molecule has 0 unspecified atom stereocenters. The van der Waals surface area contributed by atoms with E-state index in [0.717, 1.165) is 61.8 Å². The van der Waals surface area contributed by atoms with E-state index >= 15 is 0 Å². The van der Waals surface area contributed by atoms with E-state index in [9.17, 15) is 14.9 Å². The van der Waals surface area contributed by atoms with Gasteiger partial charge in [0, 0.05) is 35.7 Å². The smallest absolute Gasteiger partial charge is 0.252 e. The van der Waals surface area contributed by atoms with Gasteiger partial charge >= 0.3 is 0 Å². The maximum atomic E-state index is 12.4. The number of hydrogen-bond acceptors (Lipinski definition) is 6. The summed E-state index contributed by atoms with van der Waals surface area (Å²) in [4.78, 5) is 27.0. The van der Waals surface area contributed by atoms with Gasteiger partial charge in [0.2, 0.25) is 0 Å². The monoisotopic (exact) mass is 553 g/mol. The van der Waals surface area contributed by atoms with E-state index in [4.69, 9.17) is 10.5 Å².